The van der Waals surface area contributed by atoms with Crippen LogP contribution < -0.4 is 5.32 Å². The molecule has 1 saturated heterocycles. The molecule has 0 unspecified atom stereocenters. The second kappa shape index (κ2) is 6.77. The predicted molar refractivity (Wildman–Crippen MR) is 88.2 cm³/mol. The minimum Gasteiger partial charge on any atom is -0.312 e. The minimum absolute atomic E-state index is 0.0957. The first-order chi connectivity index (χ1) is 9.87. The summed E-state index contributed by atoms with van der Waals surface area (Å²) in [6.45, 7) is 9.72. The normalized spacial score (nSPS) is 24.4. The van der Waals surface area contributed by atoms with Gasteiger partial charge in [-0.2, -0.15) is 4.31 Å². The van der Waals surface area contributed by atoms with E-state index >= 15 is 0 Å². The van der Waals surface area contributed by atoms with E-state index in [1.54, 1.807) is 4.31 Å². The Bertz CT molecular complexity index is 570. The summed E-state index contributed by atoms with van der Waals surface area (Å²) in [4.78, 5) is 1.12. The molecule has 4 nitrogen and oxygen atoms in total. The van der Waals surface area contributed by atoms with Crippen molar-refractivity contribution in [1.82, 2.24) is 9.62 Å². The van der Waals surface area contributed by atoms with E-state index in [4.69, 9.17) is 0 Å². The molecule has 120 valence electrons. The Morgan fingerprint density at radius 2 is 1.95 bits per heavy atom. The first kappa shape index (κ1) is 16.9. The molecule has 0 spiro atoms. The summed E-state index contributed by atoms with van der Waals surface area (Å²) in [5, 5.41) is 3.27. The molecule has 0 amide bonds. The van der Waals surface area contributed by atoms with Crippen LogP contribution >= 0.6 is 11.3 Å². The number of sulfonamides is 1. The summed E-state index contributed by atoms with van der Waals surface area (Å²) < 4.78 is 28.1. The van der Waals surface area contributed by atoms with Gasteiger partial charge < -0.3 is 5.32 Å². The molecule has 6 heteroatoms. The van der Waals surface area contributed by atoms with Crippen molar-refractivity contribution in [2.45, 2.75) is 69.8 Å². The van der Waals surface area contributed by atoms with Gasteiger partial charge in [-0.3, -0.25) is 0 Å². The average Bonchev–Trinajstić information content (AvgIpc) is 2.78. The summed E-state index contributed by atoms with van der Waals surface area (Å²) in [6, 6.07) is 2.03. The van der Waals surface area contributed by atoms with Gasteiger partial charge in [0.15, 0.2) is 0 Å². The van der Waals surface area contributed by atoms with E-state index in [1.165, 1.54) is 11.3 Å². The number of hydrogen-bond donors (Lipinski definition) is 1. The van der Waals surface area contributed by atoms with E-state index in [2.05, 4.69) is 12.2 Å². The molecule has 1 aliphatic rings. The van der Waals surface area contributed by atoms with Crippen LogP contribution in [0.3, 0.4) is 0 Å². The van der Waals surface area contributed by atoms with Crippen LogP contribution in [0.4, 0.5) is 0 Å². The van der Waals surface area contributed by atoms with Crippen molar-refractivity contribution in [3.05, 3.63) is 16.5 Å². The Hall–Kier alpha value is -0.430. The number of rotatable bonds is 5. The van der Waals surface area contributed by atoms with Crippen LogP contribution in [0.15, 0.2) is 10.3 Å². The Kier molecular flexibility index (Phi) is 5.46. The molecule has 2 heterocycles. The molecule has 0 bridgehead atoms. The standard InChI is InChI=1S/C15H26N2O2S2/c1-5-16-10-14-11(2)9-15(20-14)21(18,19)17-12(3)7-6-8-13(17)4/h9,12-13,16H,5-8,10H2,1-4H3/t12-,13+. The molecular weight excluding hydrogens is 304 g/mol. The Morgan fingerprint density at radius 1 is 1.33 bits per heavy atom. The molecule has 1 aliphatic heterocycles. The minimum atomic E-state index is -3.36. The number of nitrogens with zero attached hydrogens (tertiary/aromatic N) is 1. The van der Waals surface area contributed by atoms with Crippen LogP contribution in [0.5, 0.6) is 0 Å². The van der Waals surface area contributed by atoms with Crippen LogP contribution in [-0.2, 0) is 16.6 Å². The van der Waals surface area contributed by atoms with Crippen LogP contribution in [-0.4, -0.2) is 31.4 Å². The van der Waals surface area contributed by atoms with Crippen LogP contribution in [0, 0.1) is 6.92 Å². The molecule has 1 N–H and O–H groups in total. The van der Waals surface area contributed by atoms with Crippen molar-refractivity contribution >= 4 is 21.4 Å². The molecule has 0 radical (unpaired) electrons. The van der Waals surface area contributed by atoms with Gasteiger partial charge in [-0.15, -0.1) is 11.3 Å². The zero-order valence-corrected chi connectivity index (χ0v) is 15.0. The predicted octanol–water partition coefficient (Wildman–Crippen LogP) is 3.12. The van der Waals surface area contributed by atoms with Crippen LogP contribution in [0.2, 0.25) is 0 Å². The van der Waals surface area contributed by atoms with Crippen LogP contribution in [0.25, 0.3) is 0 Å². The number of hydrogen-bond acceptors (Lipinski definition) is 4. The Morgan fingerprint density at radius 3 is 2.52 bits per heavy atom. The summed E-state index contributed by atoms with van der Waals surface area (Å²) in [5.41, 5.74) is 1.07. The third-order valence-electron chi connectivity index (χ3n) is 4.18. The molecular formula is C15H26N2O2S2. The van der Waals surface area contributed by atoms with E-state index in [1.807, 2.05) is 26.8 Å². The lowest BCUT2D eigenvalue weighted by Crippen LogP contribution is -2.47. The van der Waals surface area contributed by atoms with Gasteiger partial charge in [-0.1, -0.05) is 13.3 Å². The van der Waals surface area contributed by atoms with Gasteiger partial charge in [0.1, 0.15) is 4.21 Å². The molecule has 2 rings (SSSR count). The number of piperidine rings is 1. The third kappa shape index (κ3) is 3.50. The van der Waals surface area contributed by atoms with Gasteiger partial charge in [-0.05, 0) is 51.8 Å². The summed E-state index contributed by atoms with van der Waals surface area (Å²) in [6.07, 6.45) is 3.03. The average molecular weight is 331 g/mol. The zero-order valence-electron chi connectivity index (χ0n) is 13.3. The van der Waals surface area contributed by atoms with Crippen molar-refractivity contribution in [3.63, 3.8) is 0 Å². The van der Waals surface area contributed by atoms with Crippen LogP contribution in [0.1, 0.15) is 50.5 Å². The third-order valence-corrected chi connectivity index (χ3v) is 7.99. The molecule has 0 saturated carbocycles. The SMILES string of the molecule is CCNCc1sc(S(=O)(=O)N2[C@H](C)CCC[C@@H]2C)cc1C. The smallest absolute Gasteiger partial charge is 0.253 e. The summed E-state index contributed by atoms with van der Waals surface area (Å²) in [5.74, 6) is 0. The van der Waals surface area contributed by atoms with E-state index in [9.17, 15) is 8.42 Å². The molecule has 0 aromatic carbocycles. The van der Waals surface area contributed by atoms with E-state index in [0.717, 1.165) is 42.8 Å². The maximum atomic E-state index is 13.0. The highest BCUT2D eigenvalue weighted by Crippen LogP contribution is 2.34. The largest absolute Gasteiger partial charge is 0.312 e. The van der Waals surface area contributed by atoms with Gasteiger partial charge in [-0.25, -0.2) is 8.42 Å². The Labute approximate surface area is 132 Å². The molecule has 21 heavy (non-hydrogen) atoms. The van der Waals surface area contributed by atoms with Gasteiger partial charge >= 0.3 is 0 Å². The molecule has 1 aromatic heterocycles. The lowest BCUT2D eigenvalue weighted by atomic mass is 10.0. The molecule has 2 atom stereocenters. The van der Waals surface area contributed by atoms with Gasteiger partial charge in [0.2, 0.25) is 0 Å². The highest BCUT2D eigenvalue weighted by Gasteiger charge is 2.36. The highest BCUT2D eigenvalue weighted by molar-refractivity contribution is 7.91. The quantitative estimate of drug-likeness (QED) is 0.902. The van der Waals surface area contributed by atoms with Crippen molar-refractivity contribution in [2.24, 2.45) is 0 Å². The second-order valence-electron chi connectivity index (χ2n) is 5.92. The topological polar surface area (TPSA) is 49.4 Å². The first-order valence-corrected chi connectivity index (χ1v) is 9.97. The summed E-state index contributed by atoms with van der Waals surface area (Å²) >= 11 is 1.41. The number of nitrogens with one attached hydrogen (secondary N) is 1. The fourth-order valence-electron chi connectivity index (χ4n) is 3.01. The van der Waals surface area contributed by atoms with Crippen molar-refractivity contribution < 1.29 is 8.42 Å². The maximum absolute atomic E-state index is 13.0. The van der Waals surface area contributed by atoms with Crippen molar-refractivity contribution in [1.29, 1.82) is 0 Å². The van der Waals surface area contributed by atoms with Gasteiger partial charge in [0.05, 0.1) is 0 Å². The molecule has 1 fully saturated rings. The Balaban J connectivity index is 2.30. The maximum Gasteiger partial charge on any atom is 0.253 e. The lowest BCUT2D eigenvalue weighted by Gasteiger charge is -2.37. The monoisotopic (exact) mass is 330 g/mol. The molecule has 1 aromatic rings. The van der Waals surface area contributed by atoms with Gasteiger partial charge in [0, 0.05) is 23.5 Å². The number of aryl methyl sites for hydroxylation is 1. The van der Waals surface area contributed by atoms with E-state index in [-0.39, 0.29) is 12.1 Å². The fraction of sp³-hybridized carbons (Fsp3) is 0.733. The van der Waals surface area contributed by atoms with E-state index < -0.39 is 10.0 Å². The first-order valence-electron chi connectivity index (χ1n) is 7.71. The summed E-state index contributed by atoms with van der Waals surface area (Å²) in [7, 11) is -3.36. The highest BCUT2D eigenvalue weighted by atomic mass is 32.2. The van der Waals surface area contributed by atoms with Crippen molar-refractivity contribution in [3.8, 4) is 0 Å². The molecule has 0 aliphatic carbocycles. The van der Waals surface area contributed by atoms with E-state index in [0.29, 0.717) is 4.21 Å². The fourth-order valence-corrected chi connectivity index (χ4v) is 6.55. The zero-order chi connectivity index (χ0) is 15.6. The van der Waals surface area contributed by atoms with Gasteiger partial charge in [0.25, 0.3) is 10.0 Å². The van der Waals surface area contributed by atoms with Crippen molar-refractivity contribution in [2.75, 3.05) is 6.54 Å². The second-order valence-corrected chi connectivity index (χ2v) is 9.12. The lowest BCUT2D eigenvalue weighted by molar-refractivity contribution is 0.204. The number of thiophene rings is 1.